The summed E-state index contributed by atoms with van der Waals surface area (Å²) in [5.41, 5.74) is 2.10. The molecule has 4 heteroatoms. The van der Waals surface area contributed by atoms with E-state index in [1.165, 1.54) is 0 Å². The number of ether oxygens (including phenoxy) is 1. The first-order valence-corrected chi connectivity index (χ1v) is 5.45. The fourth-order valence-corrected chi connectivity index (χ4v) is 1.25. The summed E-state index contributed by atoms with van der Waals surface area (Å²) in [5, 5.41) is 11.5. The Labute approximate surface area is 101 Å². The molecular weight excluding hydrogens is 216 g/mol. The van der Waals surface area contributed by atoms with Crippen LogP contribution < -0.4 is 5.32 Å². The molecule has 0 radical (unpaired) electrons. The van der Waals surface area contributed by atoms with Crippen molar-refractivity contribution in [2.75, 3.05) is 11.9 Å². The first-order chi connectivity index (χ1) is 8.02. The number of benzene rings is 1. The van der Waals surface area contributed by atoms with Crippen LogP contribution in [0.15, 0.2) is 18.2 Å². The van der Waals surface area contributed by atoms with E-state index in [9.17, 15) is 4.79 Å². The highest BCUT2D eigenvalue weighted by molar-refractivity contribution is 5.92. The molecule has 0 spiro atoms. The molecule has 0 atom stereocenters. The van der Waals surface area contributed by atoms with Crippen molar-refractivity contribution < 1.29 is 9.53 Å². The molecule has 17 heavy (non-hydrogen) atoms. The Kier molecular flexibility index (Phi) is 4.68. The summed E-state index contributed by atoms with van der Waals surface area (Å²) in [7, 11) is 0. The van der Waals surface area contributed by atoms with E-state index in [4.69, 9.17) is 10.00 Å². The number of hydrogen-bond acceptors (Lipinski definition) is 3. The molecule has 4 nitrogen and oxygen atoms in total. The van der Waals surface area contributed by atoms with E-state index in [0.29, 0.717) is 11.3 Å². The molecule has 1 rings (SSSR count). The molecule has 0 bridgehead atoms. The fraction of sp³-hybridized carbons (Fsp3) is 0.385. The summed E-state index contributed by atoms with van der Waals surface area (Å²) in [6, 6.07) is 7.21. The maximum absolute atomic E-state index is 11.5. The van der Waals surface area contributed by atoms with E-state index in [1.807, 2.05) is 26.8 Å². The first kappa shape index (κ1) is 13.2. The molecule has 1 aromatic carbocycles. The smallest absolute Gasteiger partial charge is 0.250 e. The maximum atomic E-state index is 11.5. The molecule has 0 fully saturated rings. The van der Waals surface area contributed by atoms with Gasteiger partial charge in [0.15, 0.2) is 0 Å². The van der Waals surface area contributed by atoms with Gasteiger partial charge in [0.2, 0.25) is 5.91 Å². The molecular formula is C13H16N2O2. The lowest BCUT2D eigenvalue weighted by molar-refractivity contribution is -0.121. The second-order valence-corrected chi connectivity index (χ2v) is 4.05. The Balaban J connectivity index is 2.68. The van der Waals surface area contributed by atoms with Crippen molar-refractivity contribution in [1.82, 2.24) is 0 Å². The normalized spacial score (nSPS) is 10.1. The molecule has 0 unspecified atom stereocenters. The van der Waals surface area contributed by atoms with E-state index in [1.54, 1.807) is 18.2 Å². The zero-order valence-electron chi connectivity index (χ0n) is 10.3. The van der Waals surface area contributed by atoms with Crippen molar-refractivity contribution in [3.63, 3.8) is 0 Å². The van der Waals surface area contributed by atoms with Crippen LogP contribution >= 0.6 is 0 Å². The number of carbonyl (C=O) groups is 1. The second-order valence-electron chi connectivity index (χ2n) is 4.05. The molecule has 0 saturated carbocycles. The van der Waals surface area contributed by atoms with Crippen molar-refractivity contribution in [3.8, 4) is 6.07 Å². The average molecular weight is 232 g/mol. The summed E-state index contributed by atoms with van der Waals surface area (Å²) < 4.78 is 5.20. The van der Waals surface area contributed by atoms with Gasteiger partial charge in [-0.1, -0.05) is 6.07 Å². The van der Waals surface area contributed by atoms with Crippen LogP contribution in [0.2, 0.25) is 0 Å². The van der Waals surface area contributed by atoms with Crippen molar-refractivity contribution in [1.29, 1.82) is 5.26 Å². The van der Waals surface area contributed by atoms with Crippen molar-refractivity contribution in [2.24, 2.45) is 0 Å². The Bertz CT molecular complexity index is 447. The zero-order valence-corrected chi connectivity index (χ0v) is 10.3. The maximum Gasteiger partial charge on any atom is 0.250 e. The van der Waals surface area contributed by atoms with Crippen LogP contribution in [0, 0.1) is 18.3 Å². The van der Waals surface area contributed by atoms with Gasteiger partial charge in [-0.3, -0.25) is 4.79 Å². The van der Waals surface area contributed by atoms with Crippen LogP contribution in [0.5, 0.6) is 0 Å². The summed E-state index contributed by atoms with van der Waals surface area (Å²) >= 11 is 0. The van der Waals surface area contributed by atoms with Crippen LogP contribution in [-0.4, -0.2) is 18.6 Å². The minimum absolute atomic E-state index is 0.0206. The number of nitriles is 1. The van der Waals surface area contributed by atoms with Gasteiger partial charge in [-0.15, -0.1) is 0 Å². The average Bonchev–Trinajstić information content (AvgIpc) is 2.29. The van der Waals surface area contributed by atoms with Gasteiger partial charge in [-0.2, -0.15) is 5.26 Å². The van der Waals surface area contributed by atoms with Gasteiger partial charge in [0.05, 0.1) is 17.7 Å². The minimum atomic E-state index is -0.211. The zero-order chi connectivity index (χ0) is 12.8. The lowest BCUT2D eigenvalue weighted by atomic mass is 10.1. The van der Waals surface area contributed by atoms with E-state index >= 15 is 0 Å². The molecule has 1 amide bonds. The number of hydrogen-bond donors (Lipinski definition) is 1. The topological polar surface area (TPSA) is 62.1 Å². The minimum Gasteiger partial charge on any atom is -0.369 e. The molecule has 1 aromatic rings. The van der Waals surface area contributed by atoms with Crippen LogP contribution in [0.4, 0.5) is 5.69 Å². The number of amides is 1. The monoisotopic (exact) mass is 232 g/mol. The van der Waals surface area contributed by atoms with Gasteiger partial charge < -0.3 is 10.1 Å². The third-order valence-corrected chi connectivity index (χ3v) is 2.19. The lowest BCUT2D eigenvalue weighted by Crippen LogP contribution is -2.21. The van der Waals surface area contributed by atoms with Crippen molar-refractivity contribution in [2.45, 2.75) is 26.9 Å². The quantitative estimate of drug-likeness (QED) is 0.865. The third-order valence-electron chi connectivity index (χ3n) is 2.19. The molecule has 0 aliphatic heterocycles. The molecule has 0 heterocycles. The molecule has 0 aromatic heterocycles. The Morgan fingerprint density at radius 3 is 2.82 bits per heavy atom. The highest BCUT2D eigenvalue weighted by Crippen LogP contribution is 2.16. The van der Waals surface area contributed by atoms with Gasteiger partial charge in [0.1, 0.15) is 6.61 Å². The predicted molar refractivity (Wildman–Crippen MR) is 65.6 cm³/mol. The summed E-state index contributed by atoms with van der Waals surface area (Å²) in [4.78, 5) is 11.5. The van der Waals surface area contributed by atoms with Crippen LogP contribution in [0.25, 0.3) is 0 Å². The van der Waals surface area contributed by atoms with Gasteiger partial charge in [0.25, 0.3) is 0 Å². The largest absolute Gasteiger partial charge is 0.369 e. The van der Waals surface area contributed by atoms with E-state index in [-0.39, 0.29) is 18.6 Å². The van der Waals surface area contributed by atoms with Gasteiger partial charge in [0, 0.05) is 5.69 Å². The van der Waals surface area contributed by atoms with Crippen molar-refractivity contribution >= 4 is 11.6 Å². The molecule has 0 saturated heterocycles. The fourth-order valence-electron chi connectivity index (χ4n) is 1.25. The van der Waals surface area contributed by atoms with Crippen LogP contribution in [0.1, 0.15) is 25.0 Å². The summed E-state index contributed by atoms with van der Waals surface area (Å²) in [5.74, 6) is -0.211. The predicted octanol–water partition coefficient (Wildman–Crippen LogP) is 2.23. The van der Waals surface area contributed by atoms with E-state index < -0.39 is 0 Å². The number of rotatable bonds is 4. The van der Waals surface area contributed by atoms with Crippen LogP contribution in [0.3, 0.4) is 0 Å². The van der Waals surface area contributed by atoms with Gasteiger partial charge in [-0.05, 0) is 38.5 Å². The van der Waals surface area contributed by atoms with E-state index in [2.05, 4.69) is 5.32 Å². The molecule has 0 aliphatic carbocycles. The summed E-state index contributed by atoms with van der Waals surface area (Å²) in [6.45, 7) is 5.64. The Hall–Kier alpha value is -1.86. The van der Waals surface area contributed by atoms with E-state index in [0.717, 1.165) is 5.56 Å². The molecule has 0 aliphatic rings. The lowest BCUT2D eigenvalue weighted by Gasteiger charge is -2.10. The van der Waals surface area contributed by atoms with Crippen molar-refractivity contribution in [3.05, 3.63) is 29.3 Å². The highest BCUT2D eigenvalue weighted by atomic mass is 16.5. The SMILES string of the molecule is Cc1ccc(C#N)cc1NC(=O)COC(C)C. The number of carbonyl (C=O) groups excluding carboxylic acids is 1. The van der Waals surface area contributed by atoms with Gasteiger partial charge in [-0.25, -0.2) is 0 Å². The molecule has 90 valence electrons. The summed E-state index contributed by atoms with van der Waals surface area (Å²) in [6.07, 6.45) is 0.0206. The number of nitrogens with zero attached hydrogens (tertiary/aromatic N) is 1. The number of anilines is 1. The number of aryl methyl sites for hydroxylation is 1. The third kappa shape index (κ3) is 4.25. The highest BCUT2D eigenvalue weighted by Gasteiger charge is 2.06. The van der Waals surface area contributed by atoms with Crippen LogP contribution in [-0.2, 0) is 9.53 Å². The Morgan fingerprint density at radius 2 is 2.24 bits per heavy atom. The van der Waals surface area contributed by atoms with Gasteiger partial charge >= 0.3 is 0 Å². The Morgan fingerprint density at radius 1 is 1.53 bits per heavy atom. The number of nitrogens with one attached hydrogen (secondary N) is 1. The second kappa shape index (κ2) is 6.02. The molecule has 1 N–H and O–H groups in total. The standard InChI is InChI=1S/C13H16N2O2/c1-9(2)17-8-13(16)15-12-6-11(7-14)5-4-10(12)3/h4-6,9H,8H2,1-3H3,(H,15,16). The first-order valence-electron chi connectivity index (χ1n) is 5.45.